The van der Waals surface area contributed by atoms with Crippen molar-refractivity contribution in [3.8, 4) is 0 Å². The third-order valence-corrected chi connectivity index (χ3v) is 5.07. The number of unbranched alkanes of at least 4 members (excludes halogenated alkanes) is 11. The van der Waals surface area contributed by atoms with Crippen LogP contribution in [0.15, 0.2) is 12.2 Å². The molecule has 0 fully saturated rings. The number of amides is 1. The van der Waals surface area contributed by atoms with Crippen LogP contribution in [0.4, 0.5) is 0 Å². The smallest absolute Gasteiger partial charge is 0.337 e. The summed E-state index contributed by atoms with van der Waals surface area (Å²) < 4.78 is 4.77. The number of thiol groups is 1. The van der Waals surface area contributed by atoms with Crippen LogP contribution in [0.1, 0.15) is 104 Å². The maximum absolute atomic E-state index is 11.8. The van der Waals surface area contributed by atoms with E-state index in [2.05, 4.69) is 37.0 Å². The number of esters is 2. The van der Waals surface area contributed by atoms with Crippen molar-refractivity contribution < 1.29 is 19.1 Å². The van der Waals surface area contributed by atoms with Crippen LogP contribution in [0, 0.1) is 0 Å². The van der Waals surface area contributed by atoms with E-state index in [0.717, 1.165) is 25.7 Å². The maximum Gasteiger partial charge on any atom is 0.337 e. The SMILES string of the molecule is CCCCCCCC/C=C\CCCCCCCC(=O)OC(=O)[C@H](CS)NC(C)=O. The highest BCUT2D eigenvalue weighted by molar-refractivity contribution is 7.80. The van der Waals surface area contributed by atoms with Gasteiger partial charge in [-0.2, -0.15) is 12.6 Å². The van der Waals surface area contributed by atoms with Crippen LogP contribution in [0.5, 0.6) is 0 Å². The van der Waals surface area contributed by atoms with E-state index in [0.29, 0.717) is 6.42 Å². The minimum Gasteiger partial charge on any atom is -0.392 e. The number of carbonyl (C=O) groups excluding carboxylic acids is 3. The first-order valence-corrected chi connectivity index (χ1v) is 11.9. The van der Waals surface area contributed by atoms with Gasteiger partial charge in [-0.1, -0.05) is 70.4 Å². The fourth-order valence-corrected chi connectivity index (χ4v) is 3.24. The van der Waals surface area contributed by atoms with Crippen molar-refractivity contribution in [1.82, 2.24) is 5.32 Å². The first-order valence-electron chi connectivity index (χ1n) is 11.3. The van der Waals surface area contributed by atoms with Crippen molar-refractivity contribution in [1.29, 1.82) is 0 Å². The molecule has 0 rings (SSSR count). The highest BCUT2D eigenvalue weighted by Crippen LogP contribution is 2.10. The summed E-state index contributed by atoms with van der Waals surface area (Å²) in [6.07, 6.45) is 20.3. The van der Waals surface area contributed by atoms with Crippen molar-refractivity contribution in [2.75, 3.05) is 5.75 Å². The third kappa shape index (κ3) is 18.5. The minimum atomic E-state index is -0.881. The molecule has 0 aliphatic heterocycles. The van der Waals surface area contributed by atoms with E-state index in [1.54, 1.807) is 0 Å². The Labute approximate surface area is 182 Å². The van der Waals surface area contributed by atoms with Crippen molar-refractivity contribution in [2.24, 2.45) is 0 Å². The lowest BCUT2D eigenvalue weighted by Crippen LogP contribution is -2.42. The van der Waals surface area contributed by atoms with E-state index in [4.69, 9.17) is 4.74 Å². The van der Waals surface area contributed by atoms with Gasteiger partial charge in [-0.25, -0.2) is 4.79 Å². The number of nitrogens with one attached hydrogen (secondary N) is 1. The molecule has 0 aromatic carbocycles. The largest absolute Gasteiger partial charge is 0.392 e. The number of rotatable bonds is 18. The Hall–Kier alpha value is -1.30. The molecule has 29 heavy (non-hydrogen) atoms. The highest BCUT2D eigenvalue weighted by atomic mass is 32.1. The summed E-state index contributed by atoms with van der Waals surface area (Å²) in [7, 11) is 0. The molecule has 0 aromatic rings. The molecule has 0 aromatic heterocycles. The molecule has 0 radical (unpaired) electrons. The average Bonchev–Trinajstić information content (AvgIpc) is 2.68. The second-order valence-corrected chi connectivity index (χ2v) is 7.93. The molecule has 0 saturated heterocycles. The van der Waals surface area contributed by atoms with Crippen LogP contribution in [-0.2, 0) is 19.1 Å². The topological polar surface area (TPSA) is 72.5 Å². The van der Waals surface area contributed by atoms with Gasteiger partial charge in [0.2, 0.25) is 5.91 Å². The Morgan fingerprint density at radius 1 is 0.862 bits per heavy atom. The zero-order valence-electron chi connectivity index (χ0n) is 18.4. The van der Waals surface area contributed by atoms with Crippen LogP contribution >= 0.6 is 12.6 Å². The Morgan fingerprint density at radius 2 is 1.38 bits per heavy atom. The average molecular weight is 428 g/mol. The molecule has 6 heteroatoms. The summed E-state index contributed by atoms with van der Waals surface area (Å²) in [5.74, 6) is -1.54. The van der Waals surface area contributed by atoms with Crippen LogP contribution in [0.25, 0.3) is 0 Å². The molecule has 168 valence electrons. The Bertz CT molecular complexity index is 479. The number of carbonyl (C=O) groups is 3. The summed E-state index contributed by atoms with van der Waals surface area (Å²) in [6.45, 7) is 3.55. The first-order chi connectivity index (χ1) is 14.0. The summed E-state index contributed by atoms with van der Waals surface area (Å²) in [5, 5.41) is 2.41. The fraction of sp³-hybridized carbons (Fsp3) is 0.783. The first kappa shape index (κ1) is 27.7. The standard InChI is InChI=1S/C23H41NO4S/c1-3-4-5-6-7-8-9-10-11-12-13-14-15-16-17-18-22(26)28-23(27)21(19-29)24-20(2)25/h10-11,21,29H,3-9,12-19H2,1-2H3,(H,24,25)/b11-10-/t21-/m0/s1. The molecule has 0 aliphatic carbocycles. The van der Waals surface area contributed by atoms with Gasteiger partial charge in [0.25, 0.3) is 0 Å². The Kier molecular flexibility index (Phi) is 19.1. The molecular weight excluding hydrogens is 386 g/mol. The van der Waals surface area contributed by atoms with Gasteiger partial charge in [0.1, 0.15) is 6.04 Å². The van der Waals surface area contributed by atoms with Crippen molar-refractivity contribution >= 4 is 30.5 Å². The molecule has 1 amide bonds. The fourth-order valence-electron chi connectivity index (χ4n) is 3.00. The lowest BCUT2D eigenvalue weighted by molar-refractivity contribution is -0.161. The van der Waals surface area contributed by atoms with E-state index in [1.807, 2.05) is 0 Å². The monoisotopic (exact) mass is 427 g/mol. The second kappa shape index (κ2) is 20.0. The van der Waals surface area contributed by atoms with Crippen molar-refractivity contribution in [3.63, 3.8) is 0 Å². The molecule has 0 heterocycles. The highest BCUT2D eigenvalue weighted by Gasteiger charge is 2.21. The van der Waals surface area contributed by atoms with Gasteiger partial charge in [-0.15, -0.1) is 0 Å². The molecule has 0 spiro atoms. The van der Waals surface area contributed by atoms with E-state index < -0.39 is 18.0 Å². The predicted octanol–water partition coefficient (Wildman–Crippen LogP) is 5.53. The molecule has 0 unspecified atom stereocenters. The van der Waals surface area contributed by atoms with Gasteiger partial charge in [-0.05, 0) is 32.1 Å². The number of hydrogen-bond acceptors (Lipinski definition) is 5. The number of hydrogen-bond donors (Lipinski definition) is 2. The van der Waals surface area contributed by atoms with Crippen LogP contribution in [-0.4, -0.2) is 29.6 Å². The minimum absolute atomic E-state index is 0.0963. The normalized spacial score (nSPS) is 12.1. The van der Waals surface area contributed by atoms with Gasteiger partial charge in [-0.3, -0.25) is 9.59 Å². The Morgan fingerprint density at radius 3 is 1.90 bits per heavy atom. The van der Waals surface area contributed by atoms with Crippen LogP contribution in [0.3, 0.4) is 0 Å². The summed E-state index contributed by atoms with van der Waals surface area (Å²) in [5.41, 5.74) is 0. The molecular formula is C23H41NO4S. The maximum atomic E-state index is 11.8. The van der Waals surface area contributed by atoms with Crippen molar-refractivity contribution in [3.05, 3.63) is 12.2 Å². The molecule has 0 saturated carbocycles. The summed E-state index contributed by atoms with van der Waals surface area (Å²) >= 11 is 3.99. The van der Waals surface area contributed by atoms with Gasteiger partial charge in [0, 0.05) is 19.1 Å². The molecule has 1 N–H and O–H groups in total. The van der Waals surface area contributed by atoms with E-state index in [9.17, 15) is 14.4 Å². The van der Waals surface area contributed by atoms with E-state index >= 15 is 0 Å². The van der Waals surface area contributed by atoms with Crippen LogP contribution < -0.4 is 5.32 Å². The molecule has 0 aliphatic rings. The second-order valence-electron chi connectivity index (χ2n) is 7.56. The van der Waals surface area contributed by atoms with E-state index in [1.165, 1.54) is 58.3 Å². The van der Waals surface area contributed by atoms with Gasteiger partial charge >= 0.3 is 11.9 Å². The van der Waals surface area contributed by atoms with Gasteiger partial charge in [0.05, 0.1) is 0 Å². The lowest BCUT2D eigenvalue weighted by atomic mass is 10.1. The predicted molar refractivity (Wildman–Crippen MR) is 122 cm³/mol. The third-order valence-electron chi connectivity index (χ3n) is 4.70. The zero-order chi connectivity index (χ0) is 21.7. The molecule has 0 bridgehead atoms. The number of ether oxygens (including phenoxy) is 1. The molecule has 1 atom stereocenters. The quantitative estimate of drug-likeness (QED) is 0.0992. The van der Waals surface area contributed by atoms with Gasteiger partial charge < -0.3 is 10.1 Å². The summed E-state index contributed by atoms with van der Waals surface area (Å²) in [4.78, 5) is 34.5. The zero-order valence-corrected chi connectivity index (χ0v) is 19.3. The van der Waals surface area contributed by atoms with Gasteiger partial charge in [0.15, 0.2) is 0 Å². The lowest BCUT2D eigenvalue weighted by Gasteiger charge is -2.13. The van der Waals surface area contributed by atoms with Crippen LogP contribution in [0.2, 0.25) is 0 Å². The van der Waals surface area contributed by atoms with Crippen molar-refractivity contribution in [2.45, 2.75) is 110 Å². The molecule has 5 nitrogen and oxygen atoms in total. The van der Waals surface area contributed by atoms with E-state index in [-0.39, 0.29) is 18.1 Å². The summed E-state index contributed by atoms with van der Waals surface area (Å²) in [6, 6.07) is -0.881. The Balaban J connectivity index is 3.53. The number of allylic oxidation sites excluding steroid dienone is 2.